The quantitative estimate of drug-likeness (QED) is 0.595. The third kappa shape index (κ3) is 2.82. The summed E-state index contributed by atoms with van der Waals surface area (Å²) in [6.45, 7) is 3.91. The second-order valence-corrected chi connectivity index (χ2v) is 6.77. The molecule has 0 atom stereocenters. The Labute approximate surface area is 130 Å². The number of thiazole rings is 1. The maximum atomic E-state index is 12.1. The van der Waals surface area contributed by atoms with Crippen molar-refractivity contribution in [1.82, 2.24) is 9.38 Å². The van der Waals surface area contributed by atoms with Crippen LogP contribution in [0.2, 0.25) is 0 Å². The average Bonchev–Trinajstić information content (AvgIpc) is 2.82. The van der Waals surface area contributed by atoms with Crippen molar-refractivity contribution < 1.29 is 0 Å². The largest absolute Gasteiger partial charge is 0.399 e. The smallest absolute Gasteiger partial charge is 0.258 e. The lowest BCUT2D eigenvalue weighted by atomic mass is 10.2. The molecule has 0 saturated carbocycles. The molecule has 2 N–H and O–H groups in total. The van der Waals surface area contributed by atoms with Gasteiger partial charge in [-0.1, -0.05) is 0 Å². The number of nitrogens with two attached hydrogens (primary N) is 1. The highest BCUT2D eigenvalue weighted by Crippen LogP contribution is 2.25. The van der Waals surface area contributed by atoms with Gasteiger partial charge in [-0.15, -0.1) is 23.1 Å². The molecule has 0 aliphatic carbocycles. The third-order valence-corrected chi connectivity index (χ3v) is 5.23. The van der Waals surface area contributed by atoms with Crippen molar-refractivity contribution in [1.29, 1.82) is 0 Å². The Morgan fingerprint density at radius 2 is 2.14 bits per heavy atom. The molecular weight excluding hydrogens is 302 g/mol. The van der Waals surface area contributed by atoms with E-state index in [9.17, 15) is 4.79 Å². The molecule has 0 aliphatic heterocycles. The Morgan fingerprint density at radius 3 is 2.90 bits per heavy atom. The Balaban J connectivity index is 1.85. The lowest BCUT2D eigenvalue weighted by Crippen LogP contribution is -2.14. The van der Waals surface area contributed by atoms with E-state index in [4.69, 9.17) is 5.73 Å². The van der Waals surface area contributed by atoms with E-state index < -0.39 is 0 Å². The van der Waals surface area contributed by atoms with Crippen molar-refractivity contribution in [2.24, 2.45) is 0 Å². The van der Waals surface area contributed by atoms with Crippen LogP contribution in [0.25, 0.3) is 4.96 Å². The molecule has 1 aromatic carbocycles. The van der Waals surface area contributed by atoms with Crippen molar-refractivity contribution in [2.45, 2.75) is 24.5 Å². The van der Waals surface area contributed by atoms with E-state index in [0.717, 1.165) is 32.5 Å². The SMILES string of the molecule is Cc1cc(SCc2cc(=O)n3c(C)csc3n2)ccc1N. The number of nitrogens with zero attached hydrogens (tertiary/aromatic N) is 2. The third-order valence-electron chi connectivity index (χ3n) is 3.26. The summed E-state index contributed by atoms with van der Waals surface area (Å²) in [5.41, 5.74) is 9.41. The van der Waals surface area contributed by atoms with Crippen molar-refractivity contribution in [3.8, 4) is 0 Å². The number of aryl methyl sites for hydroxylation is 2. The van der Waals surface area contributed by atoms with Crippen LogP contribution >= 0.6 is 23.1 Å². The van der Waals surface area contributed by atoms with Crippen LogP contribution < -0.4 is 11.3 Å². The van der Waals surface area contributed by atoms with Gasteiger partial charge in [-0.25, -0.2) is 4.98 Å². The lowest BCUT2D eigenvalue weighted by Gasteiger charge is -2.05. The maximum absolute atomic E-state index is 12.1. The van der Waals surface area contributed by atoms with Crippen LogP contribution in [0, 0.1) is 13.8 Å². The summed E-state index contributed by atoms with van der Waals surface area (Å²) in [5.74, 6) is 0.673. The van der Waals surface area contributed by atoms with Gasteiger partial charge >= 0.3 is 0 Å². The fourth-order valence-electron chi connectivity index (χ4n) is 2.07. The molecule has 6 heteroatoms. The molecule has 0 spiro atoms. The number of thioether (sulfide) groups is 1. The normalized spacial score (nSPS) is 11.1. The molecule has 108 valence electrons. The maximum Gasteiger partial charge on any atom is 0.258 e. The predicted molar refractivity (Wildman–Crippen MR) is 89.2 cm³/mol. The van der Waals surface area contributed by atoms with Crippen molar-refractivity contribution >= 4 is 33.7 Å². The minimum Gasteiger partial charge on any atom is -0.399 e. The summed E-state index contributed by atoms with van der Waals surface area (Å²) >= 11 is 3.15. The van der Waals surface area contributed by atoms with Crippen LogP contribution in [0.15, 0.2) is 39.3 Å². The number of rotatable bonds is 3. The summed E-state index contributed by atoms with van der Waals surface area (Å²) < 4.78 is 1.65. The van der Waals surface area contributed by atoms with Crippen molar-refractivity contribution in [3.63, 3.8) is 0 Å². The minimum atomic E-state index is -0.0113. The molecule has 4 nitrogen and oxygen atoms in total. The van der Waals surface area contributed by atoms with Crippen LogP contribution in [0.3, 0.4) is 0 Å². The van der Waals surface area contributed by atoms with Crippen LogP contribution in [-0.2, 0) is 5.75 Å². The van der Waals surface area contributed by atoms with Gasteiger partial charge in [0, 0.05) is 33.5 Å². The minimum absolute atomic E-state index is 0.0113. The number of benzene rings is 1. The van der Waals surface area contributed by atoms with Crippen LogP contribution in [0.5, 0.6) is 0 Å². The Hall–Kier alpha value is -1.79. The van der Waals surface area contributed by atoms with Gasteiger partial charge in [0.2, 0.25) is 0 Å². The molecule has 0 bridgehead atoms. The summed E-state index contributed by atoms with van der Waals surface area (Å²) in [4.78, 5) is 18.5. The predicted octanol–water partition coefficient (Wildman–Crippen LogP) is 3.25. The highest BCUT2D eigenvalue weighted by molar-refractivity contribution is 7.98. The molecule has 3 rings (SSSR count). The number of hydrogen-bond donors (Lipinski definition) is 1. The zero-order valence-corrected chi connectivity index (χ0v) is 13.4. The Bertz CT molecular complexity index is 867. The van der Waals surface area contributed by atoms with Crippen molar-refractivity contribution in [2.75, 3.05) is 5.73 Å². The second kappa shape index (κ2) is 5.54. The van der Waals surface area contributed by atoms with Gasteiger partial charge in [0.05, 0.1) is 5.69 Å². The summed E-state index contributed by atoms with van der Waals surface area (Å²) in [7, 11) is 0. The molecule has 3 aromatic rings. The Morgan fingerprint density at radius 1 is 1.33 bits per heavy atom. The number of anilines is 1. The highest BCUT2D eigenvalue weighted by Gasteiger charge is 2.07. The zero-order chi connectivity index (χ0) is 15.0. The number of fused-ring (bicyclic) bond motifs is 1. The lowest BCUT2D eigenvalue weighted by molar-refractivity contribution is 0.997. The van der Waals surface area contributed by atoms with Crippen molar-refractivity contribution in [3.05, 3.63) is 57.0 Å². The van der Waals surface area contributed by atoms with E-state index in [2.05, 4.69) is 11.1 Å². The first-order valence-electron chi connectivity index (χ1n) is 6.50. The number of nitrogen functional groups attached to an aromatic ring is 1. The monoisotopic (exact) mass is 317 g/mol. The standard InChI is InChI=1S/C15H15N3OS2/c1-9-5-12(3-4-13(9)16)20-8-11-6-14(19)18-10(2)7-21-15(18)17-11/h3-7H,8,16H2,1-2H3. The summed E-state index contributed by atoms with van der Waals surface area (Å²) in [6.07, 6.45) is 0. The van der Waals surface area contributed by atoms with Gasteiger partial charge in [-0.2, -0.15) is 0 Å². The van der Waals surface area contributed by atoms with Gasteiger partial charge in [0.25, 0.3) is 5.56 Å². The topological polar surface area (TPSA) is 60.4 Å². The van der Waals surface area contributed by atoms with Crippen LogP contribution in [0.4, 0.5) is 5.69 Å². The Kier molecular flexibility index (Phi) is 3.73. The van der Waals surface area contributed by atoms with Crippen LogP contribution in [-0.4, -0.2) is 9.38 Å². The molecule has 0 unspecified atom stereocenters. The summed E-state index contributed by atoms with van der Waals surface area (Å²) in [5, 5.41) is 1.95. The van der Waals surface area contributed by atoms with Gasteiger partial charge in [0.1, 0.15) is 0 Å². The second-order valence-electron chi connectivity index (χ2n) is 4.89. The van der Waals surface area contributed by atoms with E-state index in [0.29, 0.717) is 5.75 Å². The van der Waals surface area contributed by atoms with E-state index in [1.54, 1.807) is 22.2 Å². The van der Waals surface area contributed by atoms with Gasteiger partial charge in [-0.3, -0.25) is 9.20 Å². The van der Waals surface area contributed by atoms with Gasteiger partial charge in [0.15, 0.2) is 4.96 Å². The van der Waals surface area contributed by atoms with E-state index in [1.165, 1.54) is 11.3 Å². The molecule has 0 aliphatic rings. The fourth-order valence-corrected chi connectivity index (χ4v) is 3.85. The molecule has 2 aromatic heterocycles. The molecule has 0 amide bonds. The van der Waals surface area contributed by atoms with E-state index >= 15 is 0 Å². The molecule has 2 heterocycles. The van der Waals surface area contributed by atoms with Crippen LogP contribution in [0.1, 0.15) is 17.0 Å². The highest BCUT2D eigenvalue weighted by atomic mass is 32.2. The zero-order valence-electron chi connectivity index (χ0n) is 11.8. The molecule has 0 radical (unpaired) electrons. The first kappa shape index (κ1) is 14.2. The first-order chi connectivity index (χ1) is 10.0. The fraction of sp³-hybridized carbons (Fsp3) is 0.200. The molecule has 0 saturated heterocycles. The average molecular weight is 317 g/mol. The van der Waals surface area contributed by atoms with Gasteiger partial charge < -0.3 is 5.73 Å². The molecular formula is C15H15N3OS2. The first-order valence-corrected chi connectivity index (χ1v) is 8.37. The number of hydrogen-bond acceptors (Lipinski definition) is 5. The molecule has 21 heavy (non-hydrogen) atoms. The van der Waals surface area contributed by atoms with Gasteiger partial charge in [-0.05, 0) is 37.6 Å². The number of aromatic nitrogens is 2. The van der Waals surface area contributed by atoms with E-state index in [1.807, 2.05) is 31.4 Å². The molecule has 0 fully saturated rings. The van der Waals surface area contributed by atoms with E-state index in [-0.39, 0.29) is 5.56 Å². The summed E-state index contributed by atoms with van der Waals surface area (Å²) in [6, 6.07) is 7.57.